The van der Waals surface area contributed by atoms with Gasteiger partial charge in [0.15, 0.2) is 11.5 Å². The molecule has 6 nitrogen and oxygen atoms in total. The minimum atomic E-state index is -0.213. The molecule has 0 spiro atoms. The largest absolute Gasteiger partial charge is 0.346 e. The number of amides is 1. The molecule has 34 heavy (non-hydrogen) atoms. The molecule has 1 amide bonds. The Morgan fingerprint density at radius 1 is 0.941 bits per heavy atom. The summed E-state index contributed by atoms with van der Waals surface area (Å²) in [4.78, 5) is 13.5. The first-order valence-corrected chi connectivity index (χ1v) is 12.8. The molecule has 5 rings (SSSR count). The van der Waals surface area contributed by atoms with E-state index in [1.165, 1.54) is 10.8 Å². The van der Waals surface area contributed by atoms with Crippen LogP contribution in [0.25, 0.3) is 16.4 Å². The average molecular weight is 470 g/mol. The summed E-state index contributed by atoms with van der Waals surface area (Å²) < 4.78 is 4.07. The Bertz CT molecular complexity index is 1390. The molecule has 5 aromatic rings. The van der Waals surface area contributed by atoms with Gasteiger partial charge in [-0.1, -0.05) is 48.5 Å². The SMILES string of the molecule is CSCC[C@@H](NC(=O)C[C@@H](c1cccc2ccccc12)n1cccc1)c1nnc2ccccn12. The summed E-state index contributed by atoms with van der Waals surface area (Å²) in [5.74, 6) is 1.67. The van der Waals surface area contributed by atoms with Gasteiger partial charge in [-0.3, -0.25) is 9.20 Å². The zero-order valence-electron chi connectivity index (χ0n) is 19.0. The number of nitrogens with zero attached hydrogens (tertiary/aromatic N) is 4. The van der Waals surface area contributed by atoms with Crippen LogP contribution in [-0.2, 0) is 4.79 Å². The van der Waals surface area contributed by atoms with Gasteiger partial charge in [0.1, 0.15) is 0 Å². The first-order valence-electron chi connectivity index (χ1n) is 11.4. The summed E-state index contributed by atoms with van der Waals surface area (Å²) in [6.45, 7) is 0. The quantitative estimate of drug-likeness (QED) is 0.319. The maximum absolute atomic E-state index is 13.5. The number of carbonyl (C=O) groups excluding carboxylic acids is 1. The lowest BCUT2D eigenvalue weighted by molar-refractivity contribution is -0.122. The van der Waals surface area contributed by atoms with Gasteiger partial charge < -0.3 is 9.88 Å². The molecule has 0 saturated carbocycles. The number of hydrogen-bond donors (Lipinski definition) is 1. The highest BCUT2D eigenvalue weighted by Crippen LogP contribution is 2.30. The minimum Gasteiger partial charge on any atom is -0.346 e. The van der Waals surface area contributed by atoms with E-state index in [1.807, 2.05) is 65.5 Å². The number of carbonyl (C=O) groups is 1. The van der Waals surface area contributed by atoms with Crippen molar-refractivity contribution in [1.29, 1.82) is 0 Å². The number of pyridine rings is 1. The lowest BCUT2D eigenvalue weighted by atomic mass is 9.96. The van der Waals surface area contributed by atoms with Crippen molar-refractivity contribution in [3.63, 3.8) is 0 Å². The van der Waals surface area contributed by atoms with Gasteiger partial charge in [-0.05, 0) is 59.0 Å². The van der Waals surface area contributed by atoms with Crippen molar-refractivity contribution in [1.82, 2.24) is 24.5 Å². The third kappa shape index (κ3) is 4.56. The molecule has 172 valence electrons. The van der Waals surface area contributed by atoms with Crippen LogP contribution < -0.4 is 5.32 Å². The standard InChI is InChI=1S/C27H27N5OS/c1-34-18-14-23(27-30-29-25-13-4-5-17-32(25)27)28-26(33)19-24(31-15-6-7-16-31)22-12-8-10-20-9-2-3-11-21(20)22/h2-13,15-17,23-24H,14,18-19H2,1H3,(H,28,33)/t23-,24+/m1/s1. The Kier molecular flexibility index (Phi) is 6.62. The van der Waals surface area contributed by atoms with Crippen molar-refractivity contribution in [2.75, 3.05) is 12.0 Å². The first kappa shape index (κ1) is 22.2. The smallest absolute Gasteiger partial charge is 0.223 e. The number of benzene rings is 2. The van der Waals surface area contributed by atoms with Crippen LogP contribution in [0.5, 0.6) is 0 Å². The highest BCUT2D eigenvalue weighted by atomic mass is 32.2. The molecule has 0 aliphatic carbocycles. The molecule has 0 saturated heterocycles. The molecule has 0 unspecified atom stereocenters. The second-order valence-electron chi connectivity index (χ2n) is 8.31. The van der Waals surface area contributed by atoms with Crippen LogP contribution in [-0.4, -0.2) is 37.1 Å². The van der Waals surface area contributed by atoms with Crippen molar-refractivity contribution in [3.05, 3.63) is 103 Å². The van der Waals surface area contributed by atoms with Crippen molar-refractivity contribution in [2.45, 2.75) is 24.9 Å². The van der Waals surface area contributed by atoms with Crippen molar-refractivity contribution < 1.29 is 4.79 Å². The topological polar surface area (TPSA) is 64.2 Å². The number of aromatic nitrogens is 4. The highest BCUT2D eigenvalue weighted by Gasteiger charge is 2.24. The summed E-state index contributed by atoms with van der Waals surface area (Å²) in [5.41, 5.74) is 1.92. The number of nitrogens with one attached hydrogen (secondary N) is 1. The van der Waals surface area contributed by atoms with Crippen LogP contribution in [0.15, 0.2) is 91.4 Å². The fourth-order valence-electron chi connectivity index (χ4n) is 4.50. The normalized spacial score (nSPS) is 13.2. The second kappa shape index (κ2) is 10.1. The van der Waals surface area contributed by atoms with Gasteiger partial charge in [-0.25, -0.2) is 0 Å². The van der Waals surface area contributed by atoms with Gasteiger partial charge in [0.2, 0.25) is 5.91 Å². The predicted octanol–water partition coefficient (Wildman–Crippen LogP) is 5.27. The van der Waals surface area contributed by atoms with E-state index >= 15 is 0 Å². The number of hydrogen-bond acceptors (Lipinski definition) is 4. The monoisotopic (exact) mass is 469 g/mol. The van der Waals surface area contributed by atoms with E-state index in [0.717, 1.165) is 29.2 Å². The molecule has 3 aromatic heterocycles. The molecular weight excluding hydrogens is 442 g/mol. The fraction of sp³-hybridized carbons (Fsp3) is 0.222. The molecule has 1 N–H and O–H groups in total. The average Bonchev–Trinajstić information content (AvgIpc) is 3.55. The van der Waals surface area contributed by atoms with Gasteiger partial charge in [-0.2, -0.15) is 11.8 Å². The molecule has 2 atom stereocenters. The summed E-state index contributed by atoms with van der Waals surface area (Å²) in [6.07, 6.45) is 9.18. The molecule has 0 bridgehead atoms. The van der Waals surface area contributed by atoms with Crippen molar-refractivity contribution >= 4 is 34.1 Å². The predicted molar refractivity (Wildman–Crippen MR) is 138 cm³/mol. The van der Waals surface area contributed by atoms with Crippen LogP contribution >= 0.6 is 11.8 Å². The second-order valence-corrected chi connectivity index (χ2v) is 9.29. The maximum atomic E-state index is 13.5. The van der Waals surface area contributed by atoms with Crippen molar-refractivity contribution in [2.24, 2.45) is 0 Å². The summed E-state index contributed by atoms with van der Waals surface area (Å²) in [6, 6.07) is 24.1. The minimum absolute atomic E-state index is 0.00887. The van der Waals surface area contributed by atoms with Gasteiger partial charge >= 0.3 is 0 Å². The third-order valence-corrected chi connectivity index (χ3v) is 6.79. The van der Waals surface area contributed by atoms with E-state index in [1.54, 1.807) is 11.8 Å². The Morgan fingerprint density at radius 3 is 2.56 bits per heavy atom. The van der Waals surface area contributed by atoms with Crippen LogP contribution in [0, 0.1) is 0 Å². The van der Waals surface area contributed by atoms with Gasteiger partial charge in [0.25, 0.3) is 0 Å². The van der Waals surface area contributed by atoms with E-state index in [-0.39, 0.29) is 18.0 Å². The Labute approximate surface area is 203 Å². The zero-order valence-corrected chi connectivity index (χ0v) is 19.9. The summed E-state index contributed by atoms with van der Waals surface area (Å²) in [5, 5.41) is 14.3. The molecule has 0 aliphatic heterocycles. The number of rotatable bonds is 9. The molecular formula is C27H27N5OS. The fourth-order valence-corrected chi connectivity index (χ4v) is 4.97. The van der Waals surface area contributed by atoms with E-state index in [2.05, 4.69) is 56.7 Å². The molecule has 0 radical (unpaired) electrons. The lowest BCUT2D eigenvalue weighted by Gasteiger charge is -2.23. The number of fused-ring (bicyclic) bond motifs is 2. The van der Waals surface area contributed by atoms with Crippen LogP contribution in [0.2, 0.25) is 0 Å². The van der Waals surface area contributed by atoms with E-state index < -0.39 is 0 Å². The molecule has 2 aromatic carbocycles. The molecule has 3 heterocycles. The zero-order chi connectivity index (χ0) is 23.3. The maximum Gasteiger partial charge on any atom is 0.223 e. The van der Waals surface area contributed by atoms with Crippen LogP contribution in [0.3, 0.4) is 0 Å². The van der Waals surface area contributed by atoms with Gasteiger partial charge in [-0.15, -0.1) is 10.2 Å². The van der Waals surface area contributed by atoms with E-state index in [4.69, 9.17) is 0 Å². The molecule has 0 aliphatic rings. The van der Waals surface area contributed by atoms with Crippen molar-refractivity contribution in [3.8, 4) is 0 Å². The van der Waals surface area contributed by atoms with E-state index in [0.29, 0.717) is 6.42 Å². The van der Waals surface area contributed by atoms with Gasteiger partial charge in [0, 0.05) is 18.6 Å². The number of thioether (sulfide) groups is 1. The molecule has 7 heteroatoms. The summed E-state index contributed by atoms with van der Waals surface area (Å²) >= 11 is 1.76. The lowest BCUT2D eigenvalue weighted by Crippen LogP contribution is -2.32. The highest BCUT2D eigenvalue weighted by molar-refractivity contribution is 7.98. The van der Waals surface area contributed by atoms with Crippen LogP contribution in [0.4, 0.5) is 0 Å². The Morgan fingerprint density at radius 2 is 1.71 bits per heavy atom. The Balaban J connectivity index is 1.44. The Hall–Kier alpha value is -3.58. The third-order valence-electron chi connectivity index (χ3n) is 6.15. The van der Waals surface area contributed by atoms with E-state index in [9.17, 15) is 4.79 Å². The summed E-state index contributed by atoms with van der Waals surface area (Å²) in [7, 11) is 0. The van der Waals surface area contributed by atoms with Gasteiger partial charge in [0.05, 0.1) is 18.5 Å². The van der Waals surface area contributed by atoms with Crippen LogP contribution in [0.1, 0.15) is 36.3 Å². The molecule has 0 fully saturated rings. The first-order chi connectivity index (χ1) is 16.7.